The largest absolute Gasteiger partial charge is 0.488 e. The summed E-state index contributed by atoms with van der Waals surface area (Å²) in [5.41, 5.74) is 0.732. The Kier molecular flexibility index (Phi) is 3.31. The second-order valence-corrected chi connectivity index (χ2v) is 2.69. The standard InChI is InChI=1S/C8H10ClNO2/c1-6-8(12-5-4-11)7(9)2-3-10-6/h2-3,11H,4-5H2,1H3. The molecule has 66 valence electrons. The molecule has 0 bridgehead atoms. The van der Waals surface area contributed by atoms with E-state index < -0.39 is 0 Å². The molecule has 12 heavy (non-hydrogen) atoms. The lowest BCUT2D eigenvalue weighted by atomic mass is 10.3. The number of aromatic nitrogens is 1. The highest BCUT2D eigenvalue weighted by atomic mass is 35.5. The van der Waals surface area contributed by atoms with Crippen LogP contribution in [0.25, 0.3) is 0 Å². The molecule has 0 amide bonds. The average molecular weight is 188 g/mol. The van der Waals surface area contributed by atoms with Gasteiger partial charge in [0.05, 0.1) is 17.3 Å². The van der Waals surface area contributed by atoms with Gasteiger partial charge in [0, 0.05) is 6.20 Å². The number of nitrogens with zero attached hydrogens (tertiary/aromatic N) is 1. The van der Waals surface area contributed by atoms with Gasteiger partial charge >= 0.3 is 0 Å². The highest BCUT2D eigenvalue weighted by Crippen LogP contribution is 2.25. The minimum atomic E-state index is -0.0232. The fraction of sp³-hybridized carbons (Fsp3) is 0.375. The Morgan fingerprint density at radius 3 is 3.00 bits per heavy atom. The molecule has 1 aromatic heterocycles. The van der Waals surface area contributed by atoms with Crippen molar-refractivity contribution in [3.63, 3.8) is 0 Å². The monoisotopic (exact) mass is 187 g/mol. The number of halogens is 1. The summed E-state index contributed by atoms with van der Waals surface area (Å²) in [6, 6.07) is 1.65. The highest BCUT2D eigenvalue weighted by molar-refractivity contribution is 6.32. The molecule has 0 spiro atoms. The van der Waals surface area contributed by atoms with Crippen LogP contribution in [0.1, 0.15) is 5.69 Å². The van der Waals surface area contributed by atoms with Gasteiger partial charge in [0.15, 0.2) is 5.75 Å². The first-order valence-electron chi connectivity index (χ1n) is 3.60. The Morgan fingerprint density at radius 1 is 1.67 bits per heavy atom. The third kappa shape index (κ3) is 2.09. The number of aliphatic hydroxyl groups is 1. The molecule has 0 saturated heterocycles. The van der Waals surface area contributed by atoms with Crippen molar-refractivity contribution in [3.8, 4) is 5.75 Å². The van der Waals surface area contributed by atoms with Gasteiger partial charge in [-0.2, -0.15) is 0 Å². The maximum Gasteiger partial charge on any atom is 0.159 e. The van der Waals surface area contributed by atoms with Crippen LogP contribution in [0, 0.1) is 6.92 Å². The summed E-state index contributed by atoms with van der Waals surface area (Å²) in [7, 11) is 0. The van der Waals surface area contributed by atoms with Crippen LogP contribution in [0.5, 0.6) is 5.75 Å². The predicted molar refractivity (Wildman–Crippen MR) is 46.6 cm³/mol. The van der Waals surface area contributed by atoms with Crippen molar-refractivity contribution in [2.75, 3.05) is 13.2 Å². The summed E-state index contributed by atoms with van der Waals surface area (Å²) >= 11 is 5.82. The molecule has 0 saturated carbocycles. The van der Waals surface area contributed by atoms with Crippen LogP contribution in [-0.2, 0) is 0 Å². The second kappa shape index (κ2) is 4.28. The molecule has 4 heteroatoms. The van der Waals surface area contributed by atoms with Gasteiger partial charge in [-0.15, -0.1) is 0 Å². The summed E-state index contributed by atoms with van der Waals surface area (Å²) in [6.45, 7) is 2.02. The number of hydrogen-bond donors (Lipinski definition) is 1. The molecule has 3 nitrogen and oxygen atoms in total. The van der Waals surface area contributed by atoms with Gasteiger partial charge < -0.3 is 9.84 Å². The van der Waals surface area contributed by atoms with E-state index in [1.54, 1.807) is 19.2 Å². The van der Waals surface area contributed by atoms with Crippen LogP contribution < -0.4 is 4.74 Å². The molecular formula is C8H10ClNO2. The lowest BCUT2D eigenvalue weighted by Gasteiger charge is -2.07. The van der Waals surface area contributed by atoms with E-state index in [4.69, 9.17) is 21.4 Å². The number of pyridine rings is 1. The molecule has 1 rings (SSSR count). The highest BCUT2D eigenvalue weighted by Gasteiger charge is 2.04. The third-order valence-electron chi connectivity index (χ3n) is 1.37. The normalized spacial score (nSPS) is 9.92. The van der Waals surface area contributed by atoms with Gasteiger partial charge in [-0.25, -0.2) is 0 Å². The maximum atomic E-state index is 8.52. The van der Waals surface area contributed by atoms with Crippen LogP contribution >= 0.6 is 11.6 Å². The fourth-order valence-electron chi connectivity index (χ4n) is 0.843. The van der Waals surface area contributed by atoms with Gasteiger partial charge in [-0.05, 0) is 13.0 Å². The van der Waals surface area contributed by atoms with E-state index in [1.165, 1.54) is 0 Å². The molecule has 1 heterocycles. The van der Waals surface area contributed by atoms with Crippen LogP contribution in [-0.4, -0.2) is 23.3 Å². The Hall–Kier alpha value is -0.800. The van der Waals surface area contributed by atoms with Crippen molar-refractivity contribution in [1.82, 2.24) is 4.98 Å². The molecule has 0 aromatic carbocycles. The molecule has 1 N–H and O–H groups in total. The minimum absolute atomic E-state index is 0.0232. The molecule has 0 atom stereocenters. The number of hydrogen-bond acceptors (Lipinski definition) is 3. The van der Waals surface area contributed by atoms with Crippen molar-refractivity contribution in [2.24, 2.45) is 0 Å². The SMILES string of the molecule is Cc1nccc(Cl)c1OCCO. The quantitative estimate of drug-likeness (QED) is 0.778. The first-order chi connectivity index (χ1) is 5.75. The van der Waals surface area contributed by atoms with E-state index in [0.717, 1.165) is 5.69 Å². The van der Waals surface area contributed by atoms with Crippen molar-refractivity contribution in [3.05, 3.63) is 23.0 Å². The first-order valence-corrected chi connectivity index (χ1v) is 3.98. The Morgan fingerprint density at radius 2 is 2.42 bits per heavy atom. The van der Waals surface area contributed by atoms with Crippen LogP contribution in [0.15, 0.2) is 12.3 Å². The lowest BCUT2D eigenvalue weighted by molar-refractivity contribution is 0.200. The molecule has 0 fully saturated rings. The van der Waals surface area contributed by atoms with E-state index in [2.05, 4.69) is 4.98 Å². The predicted octanol–water partition coefficient (Wildman–Crippen LogP) is 1.41. The summed E-state index contributed by atoms with van der Waals surface area (Å²) in [4.78, 5) is 4.00. The zero-order valence-electron chi connectivity index (χ0n) is 6.75. The summed E-state index contributed by atoms with van der Waals surface area (Å²) in [5.74, 6) is 0.549. The van der Waals surface area contributed by atoms with E-state index in [0.29, 0.717) is 10.8 Å². The molecule has 0 aliphatic rings. The van der Waals surface area contributed by atoms with E-state index in [1.807, 2.05) is 0 Å². The van der Waals surface area contributed by atoms with Crippen LogP contribution in [0.2, 0.25) is 5.02 Å². The number of rotatable bonds is 3. The van der Waals surface area contributed by atoms with Crippen molar-refractivity contribution < 1.29 is 9.84 Å². The van der Waals surface area contributed by atoms with E-state index >= 15 is 0 Å². The Bertz CT molecular complexity index is 245. The van der Waals surface area contributed by atoms with Crippen molar-refractivity contribution >= 4 is 11.6 Å². The molecular weight excluding hydrogens is 178 g/mol. The Balaban J connectivity index is 2.81. The van der Waals surface area contributed by atoms with Gasteiger partial charge in [0.2, 0.25) is 0 Å². The van der Waals surface area contributed by atoms with Crippen LogP contribution in [0.3, 0.4) is 0 Å². The average Bonchev–Trinajstić information content (AvgIpc) is 2.04. The number of ether oxygens (including phenoxy) is 1. The third-order valence-corrected chi connectivity index (χ3v) is 1.67. The van der Waals surface area contributed by atoms with Crippen LogP contribution in [0.4, 0.5) is 0 Å². The second-order valence-electron chi connectivity index (χ2n) is 2.28. The maximum absolute atomic E-state index is 8.52. The van der Waals surface area contributed by atoms with Crippen molar-refractivity contribution in [2.45, 2.75) is 6.92 Å². The molecule has 0 radical (unpaired) electrons. The summed E-state index contributed by atoms with van der Waals surface area (Å²) in [5, 5.41) is 9.04. The number of aliphatic hydroxyl groups excluding tert-OH is 1. The van der Waals surface area contributed by atoms with E-state index in [9.17, 15) is 0 Å². The summed E-state index contributed by atoms with van der Waals surface area (Å²) in [6.07, 6.45) is 1.61. The molecule has 0 unspecified atom stereocenters. The molecule has 1 aromatic rings. The summed E-state index contributed by atoms with van der Waals surface area (Å²) < 4.78 is 5.17. The first kappa shape index (κ1) is 9.29. The zero-order chi connectivity index (χ0) is 8.97. The molecule has 0 aliphatic heterocycles. The fourth-order valence-corrected chi connectivity index (χ4v) is 1.09. The molecule has 0 aliphatic carbocycles. The zero-order valence-corrected chi connectivity index (χ0v) is 7.51. The minimum Gasteiger partial charge on any atom is -0.488 e. The van der Waals surface area contributed by atoms with Gasteiger partial charge in [-0.1, -0.05) is 11.6 Å². The van der Waals surface area contributed by atoms with E-state index in [-0.39, 0.29) is 13.2 Å². The topological polar surface area (TPSA) is 42.4 Å². The lowest BCUT2D eigenvalue weighted by Crippen LogP contribution is -2.03. The number of aryl methyl sites for hydroxylation is 1. The van der Waals surface area contributed by atoms with Crippen molar-refractivity contribution in [1.29, 1.82) is 0 Å². The van der Waals surface area contributed by atoms with Gasteiger partial charge in [0.25, 0.3) is 0 Å². The van der Waals surface area contributed by atoms with Gasteiger partial charge in [-0.3, -0.25) is 4.98 Å². The smallest absolute Gasteiger partial charge is 0.159 e. The van der Waals surface area contributed by atoms with Gasteiger partial charge in [0.1, 0.15) is 6.61 Å². The Labute approximate surface area is 76.0 Å².